The van der Waals surface area contributed by atoms with Gasteiger partial charge in [0.1, 0.15) is 0 Å². The Balaban J connectivity index is 1.73. The number of carbonyl (C=O) groups excluding carboxylic acids is 1. The van der Waals surface area contributed by atoms with Crippen LogP contribution in [-0.2, 0) is 16.0 Å². The van der Waals surface area contributed by atoms with E-state index in [1.54, 1.807) is 0 Å². The van der Waals surface area contributed by atoms with Gasteiger partial charge in [0.25, 0.3) is 5.56 Å². The van der Waals surface area contributed by atoms with Gasteiger partial charge >= 0.3 is 0 Å². The molecule has 0 radical (unpaired) electrons. The van der Waals surface area contributed by atoms with Crippen molar-refractivity contribution in [1.29, 1.82) is 0 Å². The summed E-state index contributed by atoms with van der Waals surface area (Å²) < 4.78 is 5.36. The number of hydrogen-bond donors (Lipinski definition) is 2. The molecule has 7 heteroatoms. The first kappa shape index (κ1) is 23.0. The number of para-hydroxylation sites is 1. The van der Waals surface area contributed by atoms with Crippen molar-refractivity contribution in [2.75, 3.05) is 36.5 Å². The van der Waals surface area contributed by atoms with Crippen molar-refractivity contribution in [3.8, 4) is 0 Å². The number of ether oxygens (including phenoxy) is 1. The van der Waals surface area contributed by atoms with Crippen LogP contribution in [0.2, 0.25) is 0 Å². The summed E-state index contributed by atoms with van der Waals surface area (Å²) in [5, 5.41) is 3.12. The molecule has 0 aliphatic carbocycles. The zero-order valence-corrected chi connectivity index (χ0v) is 19.2. The first-order valence-electron chi connectivity index (χ1n) is 11.1. The average molecular weight is 427 g/mol. The predicted molar refractivity (Wildman–Crippen MR) is 124 cm³/mol. The summed E-state index contributed by atoms with van der Waals surface area (Å²) in [6.07, 6.45) is 0.580. The van der Waals surface area contributed by atoms with Crippen LogP contribution in [0, 0.1) is 6.92 Å². The van der Waals surface area contributed by atoms with Crippen molar-refractivity contribution in [2.24, 2.45) is 0 Å². The topological polar surface area (TPSA) is 87.3 Å². The molecule has 2 N–H and O–H groups in total. The summed E-state index contributed by atoms with van der Waals surface area (Å²) in [5.74, 6) is 1.09. The quantitative estimate of drug-likeness (QED) is 0.704. The number of carbonyl (C=O) groups is 1. The standard InChI is InChI=1S/C24H34N4O3/c1-15(2)18-7-6-8-19(16(3)4)22(18)26-21(29)10-9-20-17(5)25-24(27-23(20)30)28-11-13-31-14-12-28/h6-8,15-16H,9-14H2,1-5H3,(H,26,29)(H,25,27,30). The Kier molecular flexibility index (Phi) is 7.49. The molecule has 0 bridgehead atoms. The Hall–Kier alpha value is -2.67. The van der Waals surface area contributed by atoms with Gasteiger partial charge in [-0.05, 0) is 36.3 Å². The molecular weight excluding hydrogens is 392 g/mol. The lowest BCUT2D eigenvalue weighted by atomic mass is 9.92. The van der Waals surface area contributed by atoms with E-state index in [0.29, 0.717) is 61.8 Å². The number of nitrogens with zero attached hydrogens (tertiary/aromatic N) is 2. The summed E-state index contributed by atoms with van der Waals surface area (Å²) >= 11 is 0. The fourth-order valence-corrected chi connectivity index (χ4v) is 3.95. The van der Waals surface area contributed by atoms with Gasteiger partial charge in [0, 0.05) is 36.5 Å². The molecule has 0 unspecified atom stereocenters. The molecular formula is C24H34N4O3. The lowest BCUT2D eigenvalue weighted by Crippen LogP contribution is -2.38. The maximum atomic E-state index is 12.8. The number of amides is 1. The van der Waals surface area contributed by atoms with E-state index in [9.17, 15) is 9.59 Å². The van der Waals surface area contributed by atoms with Crippen LogP contribution in [0.5, 0.6) is 0 Å². The maximum absolute atomic E-state index is 12.8. The van der Waals surface area contributed by atoms with Crippen LogP contribution in [-0.4, -0.2) is 42.2 Å². The van der Waals surface area contributed by atoms with Crippen molar-refractivity contribution in [2.45, 2.75) is 59.3 Å². The summed E-state index contributed by atoms with van der Waals surface area (Å²) in [5.41, 5.74) is 4.23. The molecule has 1 saturated heterocycles. The summed E-state index contributed by atoms with van der Waals surface area (Å²) in [6, 6.07) is 6.18. The summed E-state index contributed by atoms with van der Waals surface area (Å²) in [4.78, 5) is 35.0. The van der Waals surface area contributed by atoms with Crippen LogP contribution in [0.25, 0.3) is 0 Å². The van der Waals surface area contributed by atoms with Crippen molar-refractivity contribution in [1.82, 2.24) is 9.97 Å². The average Bonchev–Trinajstić information content (AvgIpc) is 2.73. The van der Waals surface area contributed by atoms with Crippen LogP contribution in [0.3, 0.4) is 0 Å². The van der Waals surface area contributed by atoms with Crippen molar-refractivity contribution in [3.05, 3.63) is 50.9 Å². The largest absolute Gasteiger partial charge is 0.378 e. The van der Waals surface area contributed by atoms with Gasteiger partial charge in [-0.3, -0.25) is 14.6 Å². The minimum atomic E-state index is -0.174. The molecule has 1 amide bonds. The number of benzene rings is 1. The van der Waals surface area contributed by atoms with Gasteiger partial charge in [0.2, 0.25) is 11.9 Å². The normalized spacial score (nSPS) is 14.4. The highest BCUT2D eigenvalue weighted by Crippen LogP contribution is 2.32. The smallest absolute Gasteiger partial charge is 0.255 e. The molecule has 0 saturated carbocycles. The number of aromatic nitrogens is 2. The number of hydrogen-bond acceptors (Lipinski definition) is 5. The zero-order valence-electron chi connectivity index (χ0n) is 19.2. The second-order valence-corrected chi connectivity index (χ2v) is 8.72. The summed E-state index contributed by atoms with van der Waals surface area (Å²) in [6.45, 7) is 13.0. The highest BCUT2D eigenvalue weighted by atomic mass is 16.5. The van der Waals surface area contributed by atoms with Gasteiger partial charge in [-0.2, -0.15) is 0 Å². The Morgan fingerprint density at radius 1 is 1.16 bits per heavy atom. The highest BCUT2D eigenvalue weighted by molar-refractivity contribution is 5.92. The van der Waals surface area contributed by atoms with Crippen LogP contribution in [0.1, 0.15) is 68.3 Å². The molecule has 168 valence electrons. The third-order valence-corrected chi connectivity index (χ3v) is 5.76. The van der Waals surface area contributed by atoms with E-state index in [0.717, 1.165) is 16.8 Å². The SMILES string of the molecule is Cc1nc(N2CCOCC2)[nH]c(=O)c1CCC(=O)Nc1c(C(C)C)cccc1C(C)C. The van der Waals surface area contributed by atoms with Crippen molar-refractivity contribution in [3.63, 3.8) is 0 Å². The van der Waals surface area contributed by atoms with Crippen LogP contribution in [0.4, 0.5) is 11.6 Å². The fraction of sp³-hybridized carbons (Fsp3) is 0.542. The van der Waals surface area contributed by atoms with Gasteiger partial charge in [0.15, 0.2) is 0 Å². The highest BCUT2D eigenvalue weighted by Gasteiger charge is 2.19. The third-order valence-electron chi connectivity index (χ3n) is 5.76. The van der Waals surface area contributed by atoms with E-state index in [-0.39, 0.29) is 17.9 Å². The second-order valence-electron chi connectivity index (χ2n) is 8.72. The van der Waals surface area contributed by atoms with E-state index in [4.69, 9.17) is 4.74 Å². The lowest BCUT2D eigenvalue weighted by molar-refractivity contribution is -0.116. The van der Waals surface area contributed by atoms with E-state index in [2.05, 4.69) is 55.1 Å². The summed E-state index contributed by atoms with van der Waals surface area (Å²) in [7, 11) is 0. The van der Waals surface area contributed by atoms with E-state index in [1.165, 1.54) is 0 Å². The van der Waals surface area contributed by atoms with Crippen LogP contribution >= 0.6 is 0 Å². The van der Waals surface area contributed by atoms with Gasteiger partial charge in [-0.1, -0.05) is 45.9 Å². The number of H-pyrrole nitrogens is 1. The van der Waals surface area contributed by atoms with E-state index < -0.39 is 0 Å². The Morgan fingerprint density at radius 2 is 1.77 bits per heavy atom. The molecule has 7 nitrogen and oxygen atoms in total. The predicted octanol–water partition coefficient (Wildman–Crippen LogP) is 3.73. The molecule has 1 aliphatic rings. The molecule has 1 aromatic heterocycles. The molecule has 3 rings (SSSR count). The molecule has 31 heavy (non-hydrogen) atoms. The Labute approximate surface area is 184 Å². The molecule has 1 aromatic carbocycles. The molecule has 2 heterocycles. The monoisotopic (exact) mass is 426 g/mol. The molecule has 1 fully saturated rings. The van der Waals surface area contributed by atoms with Crippen LogP contribution < -0.4 is 15.8 Å². The first-order valence-corrected chi connectivity index (χ1v) is 11.1. The first-order chi connectivity index (χ1) is 14.8. The lowest BCUT2D eigenvalue weighted by Gasteiger charge is -2.27. The number of nitrogens with one attached hydrogen (secondary N) is 2. The fourth-order valence-electron chi connectivity index (χ4n) is 3.95. The second kappa shape index (κ2) is 10.1. The van der Waals surface area contributed by atoms with Gasteiger partial charge < -0.3 is 15.0 Å². The Morgan fingerprint density at radius 3 is 2.32 bits per heavy atom. The zero-order chi connectivity index (χ0) is 22.5. The number of morpholine rings is 1. The van der Waals surface area contributed by atoms with Crippen molar-refractivity contribution < 1.29 is 9.53 Å². The minimum Gasteiger partial charge on any atom is -0.378 e. The van der Waals surface area contributed by atoms with E-state index in [1.807, 2.05) is 17.9 Å². The molecule has 0 spiro atoms. The number of aromatic amines is 1. The van der Waals surface area contributed by atoms with Gasteiger partial charge in [0.05, 0.1) is 13.2 Å². The number of anilines is 2. The van der Waals surface area contributed by atoms with Gasteiger partial charge in [-0.15, -0.1) is 0 Å². The Bertz CT molecular complexity index is 949. The molecule has 2 aromatic rings. The van der Waals surface area contributed by atoms with E-state index >= 15 is 0 Å². The van der Waals surface area contributed by atoms with Crippen molar-refractivity contribution >= 4 is 17.5 Å². The van der Waals surface area contributed by atoms with Crippen LogP contribution in [0.15, 0.2) is 23.0 Å². The maximum Gasteiger partial charge on any atom is 0.255 e. The molecule has 1 aliphatic heterocycles. The molecule has 0 atom stereocenters. The number of rotatable bonds is 7. The third kappa shape index (κ3) is 5.53. The van der Waals surface area contributed by atoms with Gasteiger partial charge in [-0.25, -0.2) is 4.98 Å². The minimum absolute atomic E-state index is 0.0916. The number of aryl methyl sites for hydroxylation is 1.